The SMILES string of the molecule is CCCC(C)CC(CCc1ccncc1)NCC. The van der Waals surface area contributed by atoms with Gasteiger partial charge >= 0.3 is 0 Å². The van der Waals surface area contributed by atoms with E-state index in [2.05, 4.69) is 43.2 Å². The normalized spacial score (nSPS) is 14.4. The molecular formula is C16H28N2. The van der Waals surface area contributed by atoms with Crippen molar-refractivity contribution < 1.29 is 0 Å². The summed E-state index contributed by atoms with van der Waals surface area (Å²) in [6, 6.07) is 4.90. The summed E-state index contributed by atoms with van der Waals surface area (Å²) in [7, 11) is 0. The van der Waals surface area contributed by atoms with Crippen LogP contribution in [0.4, 0.5) is 0 Å². The second kappa shape index (κ2) is 9.09. The summed E-state index contributed by atoms with van der Waals surface area (Å²) in [5.74, 6) is 0.830. The van der Waals surface area contributed by atoms with E-state index in [9.17, 15) is 0 Å². The minimum absolute atomic E-state index is 0.657. The number of pyridine rings is 1. The number of aryl methyl sites for hydroxylation is 1. The Morgan fingerprint density at radius 1 is 1.17 bits per heavy atom. The van der Waals surface area contributed by atoms with Crippen LogP contribution in [-0.4, -0.2) is 17.6 Å². The van der Waals surface area contributed by atoms with Crippen molar-refractivity contribution in [3.8, 4) is 0 Å². The van der Waals surface area contributed by atoms with Crippen LogP contribution in [0.3, 0.4) is 0 Å². The fourth-order valence-electron chi connectivity index (χ4n) is 2.58. The van der Waals surface area contributed by atoms with Crippen molar-refractivity contribution in [2.45, 2.75) is 58.9 Å². The Morgan fingerprint density at radius 2 is 1.89 bits per heavy atom. The van der Waals surface area contributed by atoms with Gasteiger partial charge in [0.05, 0.1) is 0 Å². The third-order valence-corrected chi connectivity index (χ3v) is 3.49. The number of rotatable bonds is 9. The lowest BCUT2D eigenvalue weighted by molar-refractivity contribution is 0.372. The van der Waals surface area contributed by atoms with Gasteiger partial charge in [0.15, 0.2) is 0 Å². The molecular weight excluding hydrogens is 220 g/mol. The monoisotopic (exact) mass is 248 g/mol. The van der Waals surface area contributed by atoms with E-state index in [4.69, 9.17) is 0 Å². The average Bonchev–Trinajstić information content (AvgIpc) is 2.38. The number of hydrogen-bond acceptors (Lipinski definition) is 2. The van der Waals surface area contributed by atoms with Crippen LogP contribution in [-0.2, 0) is 6.42 Å². The van der Waals surface area contributed by atoms with Gasteiger partial charge < -0.3 is 5.32 Å². The van der Waals surface area contributed by atoms with Gasteiger partial charge in [0.1, 0.15) is 0 Å². The van der Waals surface area contributed by atoms with E-state index in [1.807, 2.05) is 12.4 Å². The minimum atomic E-state index is 0.657. The fraction of sp³-hybridized carbons (Fsp3) is 0.688. The van der Waals surface area contributed by atoms with Crippen LogP contribution in [0.5, 0.6) is 0 Å². The molecule has 102 valence electrons. The van der Waals surface area contributed by atoms with E-state index >= 15 is 0 Å². The molecule has 0 radical (unpaired) electrons. The van der Waals surface area contributed by atoms with E-state index in [1.165, 1.54) is 31.2 Å². The van der Waals surface area contributed by atoms with Gasteiger partial charge in [-0.05, 0) is 49.4 Å². The molecule has 2 nitrogen and oxygen atoms in total. The zero-order chi connectivity index (χ0) is 13.2. The summed E-state index contributed by atoms with van der Waals surface area (Å²) in [6.07, 6.45) is 10.1. The van der Waals surface area contributed by atoms with Gasteiger partial charge in [0, 0.05) is 18.4 Å². The second-order valence-corrected chi connectivity index (χ2v) is 5.28. The Kier molecular flexibility index (Phi) is 7.66. The quantitative estimate of drug-likeness (QED) is 0.718. The molecule has 0 aliphatic heterocycles. The Balaban J connectivity index is 2.37. The van der Waals surface area contributed by atoms with Gasteiger partial charge in [-0.3, -0.25) is 4.98 Å². The van der Waals surface area contributed by atoms with Crippen LogP contribution in [0, 0.1) is 5.92 Å². The van der Waals surface area contributed by atoms with E-state index < -0.39 is 0 Å². The highest BCUT2D eigenvalue weighted by Crippen LogP contribution is 2.16. The predicted molar refractivity (Wildman–Crippen MR) is 78.7 cm³/mol. The largest absolute Gasteiger partial charge is 0.314 e. The molecule has 1 aromatic rings. The number of nitrogens with zero attached hydrogens (tertiary/aromatic N) is 1. The summed E-state index contributed by atoms with van der Waals surface area (Å²) < 4.78 is 0. The van der Waals surface area contributed by atoms with Crippen molar-refractivity contribution in [1.29, 1.82) is 0 Å². The van der Waals surface area contributed by atoms with Crippen molar-refractivity contribution >= 4 is 0 Å². The first-order chi connectivity index (χ1) is 8.76. The Labute approximate surface area is 112 Å². The number of hydrogen-bond donors (Lipinski definition) is 1. The van der Waals surface area contributed by atoms with E-state index in [-0.39, 0.29) is 0 Å². The minimum Gasteiger partial charge on any atom is -0.314 e. The topological polar surface area (TPSA) is 24.9 Å². The maximum Gasteiger partial charge on any atom is 0.0270 e. The van der Waals surface area contributed by atoms with Crippen molar-refractivity contribution in [1.82, 2.24) is 10.3 Å². The lowest BCUT2D eigenvalue weighted by Gasteiger charge is -2.21. The van der Waals surface area contributed by atoms with Crippen LogP contribution < -0.4 is 5.32 Å². The van der Waals surface area contributed by atoms with Crippen molar-refractivity contribution in [2.75, 3.05) is 6.54 Å². The molecule has 1 heterocycles. The molecule has 0 amide bonds. The van der Waals surface area contributed by atoms with Crippen molar-refractivity contribution in [3.05, 3.63) is 30.1 Å². The first-order valence-corrected chi connectivity index (χ1v) is 7.38. The smallest absolute Gasteiger partial charge is 0.0270 e. The molecule has 0 fully saturated rings. The maximum atomic E-state index is 4.07. The van der Waals surface area contributed by atoms with Gasteiger partial charge in [0.25, 0.3) is 0 Å². The predicted octanol–water partition coefficient (Wildman–Crippen LogP) is 3.82. The maximum absolute atomic E-state index is 4.07. The van der Waals surface area contributed by atoms with Crippen LogP contribution >= 0.6 is 0 Å². The van der Waals surface area contributed by atoms with E-state index in [1.54, 1.807) is 0 Å². The highest BCUT2D eigenvalue weighted by atomic mass is 14.9. The molecule has 18 heavy (non-hydrogen) atoms. The first kappa shape index (κ1) is 15.2. The highest BCUT2D eigenvalue weighted by Gasteiger charge is 2.11. The molecule has 0 aliphatic rings. The van der Waals surface area contributed by atoms with Crippen molar-refractivity contribution in [3.63, 3.8) is 0 Å². The molecule has 2 heteroatoms. The van der Waals surface area contributed by atoms with Gasteiger partial charge in [-0.25, -0.2) is 0 Å². The first-order valence-electron chi connectivity index (χ1n) is 7.38. The molecule has 0 bridgehead atoms. The van der Waals surface area contributed by atoms with Crippen LogP contribution in [0.25, 0.3) is 0 Å². The van der Waals surface area contributed by atoms with Gasteiger partial charge in [-0.1, -0.05) is 33.6 Å². The lowest BCUT2D eigenvalue weighted by atomic mass is 9.93. The van der Waals surface area contributed by atoms with Gasteiger partial charge in [-0.15, -0.1) is 0 Å². The molecule has 0 aliphatic carbocycles. The summed E-state index contributed by atoms with van der Waals surface area (Å²) >= 11 is 0. The third-order valence-electron chi connectivity index (χ3n) is 3.49. The second-order valence-electron chi connectivity index (χ2n) is 5.28. The Hall–Kier alpha value is -0.890. The highest BCUT2D eigenvalue weighted by molar-refractivity contribution is 5.09. The van der Waals surface area contributed by atoms with E-state index in [0.29, 0.717) is 6.04 Å². The molecule has 1 aromatic heterocycles. The summed E-state index contributed by atoms with van der Waals surface area (Å²) in [5.41, 5.74) is 1.40. The molecule has 1 rings (SSSR count). The van der Waals surface area contributed by atoms with Crippen LogP contribution in [0.1, 0.15) is 52.0 Å². The molecule has 2 unspecified atom stereocenters. The molecule has 0 saturated carbocycles. The summed E-state index contributed by atoms with van der Waals surface area (Å²) in [5, 5.41) is 3.63. The Bertz CT molecular complexity index is 297. The third kappa shape index (κ3) is 6.15. The van der Waals surface area contributed by atoms with Crippen LogP contribution in [0.2, 0.25) is 0 Å². The molecule has 1 N–H and O–H groups in total. The van der Waals surface area contributed by atoms with Crippen molar-refractivity contribution in [2.24, 2.45) is 5.92 Å². The lowest BCUT2D eigenvalue weighted by Crippen LogP contribution is -2.31. The number of nitrogens with one attached hydrogen (secondary N) is 1. The average molecular weight is 248 g/mol. The van der Waals surface area contributed by atoms with Crippen LogP contribution in [0.15, 0.2) is 24.5 Å². The zero-order valence-electron chi connectivity index (χ0n) is 12.2. The summed E-state index contributed by atoms with van der Waals surface area (Å²) in [4.78, 5) is 4.07. The fourth-order valence-corrected chi connectivity index (χ4v) is 2.58. The Morgan fingerprint density at radius 3 is 2.50 bits per heavy atom. The molecule has 2 atom stereocenters. The van der Waals surface area contributed by atoms with E-state index in [0.717, 1.165) is 18.9 Å². The molecule has 0 aromatic carbocycles. The van der Waals surface area contributed by atoms with Gasteiger partial charge in [0.2, 0.25) is 0 Å². The zero-order valence-corrected chi connectivity index (χ0v) is 12.2. The number of aromatic nitrogens is 1. The molecule has 0 spiro atoms. The summed E-state index contributed by atoms with van der Waals surface area (Å²) in [6.45, 7) is 7.92. The van der Waals surface area contributed by atoms with Gasteiger partial charge in [-0.2, -0.15) is 0 Å². The molecule has 0 saturated heterocycles. The standard InChI is InChI=1S/C16H28N2/c1-4-6-14(3)13-16(18-5-2)8-7-15-9-11-17-12-10-15/h9-12,14,16,18H,4-8,13H2,1-3H3.